The predicted octanol–water partition coefficient (Wildman–Crippen LogP) is 2.76. The van der Waals surface area contributed by atoms with Crippen LogP contribution < -0.4 is 5.73 Å². The van der Waals surface area contributed by atoms with Gasteiger partial charge in [0.05, 0.1) is 0 Å². The van der Waals surface area contributed by atoms with E-state index < -0.39 is 0 Å². The minimum atomic E-state index is 0.132. The Bertz CT molecular complexity index is 507. The zero-order valence-electron chi connectivity index (χ0n) is 11.4. The van der Waals surface area contributed by atoms with Crippen LogP contribution in [0.25, 0.3) is 4.96 Å². The van der Waals surface area contributed by atoms with Gasteiger partial charge in [-0.2, -0.15) is 0 Å². The Morgan fingerprint density at radius 2 is 2.00 bits per heavy atom. The fraction of sp³-hybridized carbons (Fsp3) is 0.692. The maximum absolute atomic E-state index is 5.51. The Balaban J connectivity index is 2.20. The van der Waals surface area contributed by atoms with E-state index in [4.69, 9.17) is 5.73 Å². The number of aryl methyl sites for hydroxylation is 1. The molecule has 0 aliphatic carbocycles. The molecule has 2 aromatic heterocycles. The van der Waals surface area contributed by atoms with Crippen LogP contribution in [0.2, 0.25) is 0 Å². The summed E-state index contributed by atoms with van der Waals surface area (Å²) in [6.07, 6.45) is 4.39. The summed E-state index contributed by atoms with van der Waals surface area (Å²) in [5.74, 6) is 1.09. The van der Waals surface area contributed by atoms with Gasteiger partial charge in [-0.3, -0.25) is 4.40 Å². The van der Waals surface area contributed by atoms with Crippen molar-refractivity contribution in [2.24, 2.45) is 5.73 Å². The molecule has 2 N–H and O–H groups in total. The van der Waals surface area contributed by atoms with Crippen LogP contribution in [-0.4, -0.2) is 21.1 Å². The second-order valence-electron chi connectivity index (χ2n) is 5.70. The van der Waals surface area contributed by atoms with Gasteiger partial charge in [0.25, 0.3) is 0 Å². The minimum absolute atomic E-state index is 0.132. The lowest BCUT2D eigenvalue weighted by Gasteiger charge is -2.17. The molecule has 0 saturated carbocycles. The number of hydrogen-bond acceptors (Lipinski definition) is 4. The summed E-state index contributed by atoms with van der Waals surface area (Å²) in [4.78, 5) is 1.01. The summed E-state index contributed by atoms with van der Waals surface area (Å²) in [6, 6.07) is 0. The maximum Gasteiger partial charge on any atom is 0.216 e. The molecule has 0 spiro atoms. The van der Waals surface area contributed by atoms with Crippen molar-refractivity contribution in [3.63, 3.8) is 0 Å². The molecule has 0 amide bonds. The maximum atomic E-state index is 5.51. The van der Waals surface area contributed by atoms with Crippen LogP contribution in [-0.2, 0) is 11.8 Å². The van der Waals surface area contributed by atoms with E-state index >= 15 is 0 Å². The molecule has 2 rings (SSSR count). The fourth-order valence-electron chi connectivity index (χ4n) is 2.06. The second kappa shape index (κ2) is 5.36. The van der Waals surface area contributed by atoms with E-state index in [1.165, 1.54) is 12.1 Å². The third kappa shape index (κ3) is 2.72. The van der Waals surface area contributed by atoms with E-state index in [0.717, 1.165) is 36.6 Å². The predicted molar refractivity (Wildman–Crippen MR) is 76.2 cm³/mol. The minimum Gasteiger partial charge on any atom is -0.330 e. The highest BCUT2D eigenvalue weighted by Gasteiger charge is 2.21. The highest BCUT2D eigenvalue weighted by atomic mass is 32.1. The molecule has 0 atom stereocenters. The van der Waals surface area contributed by atoms with E-state index in [1.807, 2.05) is 0 Å². The first-order chi connectivity index (χ1) is 8.54. The van der Waals surface area contributed by atoms with Gasteiger partial charge in [-0.25, -0.2) is 0 Å². The lowest BCUT2D eigenvalue weighted by molar-refractivity contribution is 0.556. The van der Waals surface area contributed by atoms with Crippen molar-refractivity contribution in [1.82, 2.24) is 14.6 Å². The van der Waals surface area contributed by atoms with Gasteiger partial charge in [-0.1, -0.05) is 27.2 Å². The SMILES string of the molecule is CC(C)(C)c1csc2nnc(CCCCCN)n12. The molecule has 0 bridgehead atoms. The van der Waals surface area contributed by atoms with Gasteiger partial charge in [0.2, 0.25) is 4.96 Å². The van der Waals surface area contributed by atoms with Crippen LogP contribution in [0, 0.1) is 0 Å². The molecule has 0 fully saturated rings. The number of thiazole rings is 1. The molecule has 18 heavy (non-hydrogen) atoms. The first-order valence-electron chi connectivity index (χ1n) is 6.56. The largest absolute Gasteiger partial charge is 0.330 e. The average molecular weight is 266 g/mol. The molecule has 0 aliphatic heterocycles. The number of hydrogen-bond donors (Lipinski definition) is 1. The van der Waals surface area contributed by atoms with Crippen LogP contribution in [0.1, 0.15) is 51.6 Å². The van der Waals surface area contributed by atoms with Gasteiger partial charge in [-0.05, 0) is 19.4 Å². The Hall–Kier alpha value is -0.940. The van der Waals surface area contributed by atoms with Crippen LogP contribution in [0.15, 0.2) is 5.38 Å². The lowest BCUT2D eigenvalue weighted by atomic mass is 9.93. The molecule has 100 valence electrons. The van der Waals surface area contributed by atoms with E-state index in [9.17, 15) is 0 Å². The van der Waals surface area contributed by atoms with Crippen molar-refractivity contribution in [2.75, 3.05) is 6.54 Å². The van der Waals surface area contributed by atoms with Crippen LogP contribution in [0.5, 0.6) is 0 Å². The first-order valence-corrected chi connectivity index (χ1v) is 7.44. The smallest absolute Gasteiger partial charge is 0.216 e. The molecule has 0 unspecified atom stereocenters. The third-order valence-corrected chi connectivity index (χ3v) is 3.91. The zero-order chi connectivity index (χ0) is 13.2. The van der Waals surface area contributed by atoms with Crippen LogP contribution in [0.4, 0.5) is 0 Å². The van der Waals surface area contributed by atoms with Crippen LogP contribution in [0.3, 0.4) is 0 Å². The molecule has 0 aromatic carbocycles. The molecule has 0 aliphatic rings. The molecule has 4 nitrogen and oxygen atoms in total. The number of nitrogens with two attached hydrogens (primary N) is 1. The van der Waals surface area contributed by atoms with Crippen molar-refractivity contribution in [2.45, 2.75) is 51.9 Å². The Morgan fingerprint density at radius 1 is 1.22 bits per heavy atom. The summed E-state index contributed by atoms with van der Waals surface area (Å²) < 4.78 is 2.23. The molecule has 0 saturated heterocycles. The van der Waals surface area contributed by atoms with E-state index in [2.05, 4.69) is 40.7 Å². The molecular weight excluding hydrogens is 244 g/mol. The summed E-state index contributed by atoms with van der Waals surface area (Å²) in [5, 5.41) is 10.8. The molecule has 2 heterocycles. The first kappa shape index (κ1) is 13.5. The Kier molecular flexibility index (Phi) is 4.02. The summed E-state index contributed by atoms with van der Waals surface area (Å²) in [6.45, 7) is 7.47. The Morgan fingerprint density at radius 3 is 2.67 bits per heavy atom. The topological polar surface area (TPSA) is 56.2 Å². The second-order valence-corrected chi connectivity index (χ2v) is 6.54. The fourth-order valence-corrected chi connectivity index (χ4v) is 3.13. The number of aromatic nitrogens is 3. The molecule has 0 radical (unpaired) electrons. The molecule has 2 aromatic rings. The number of nitrogens with zero attached hydrogens (tertiary/aromatic N) is 3. The number of fused-ring (bicyclic) bond motifs is 1. The number of unbranched alkanes of at least 4 members (excludes halogenated alkanes) is 2. The van der Waals surface area contributed by atoms with Crippen molar-refractivity contribution in [3.05, 3.63) is 16.9 Å². The van der Waals surface area contributed by atoms with Gasteiger partial charge < -0.3 is 5.73 Å². The summed E-state index contributed by atoms with van der Waals surface area (Å²) >= 11 is 1.67. The van der Waals surface area contributed by atoms with Crippen molar-refractivity contribution in [3.8, 4) is 0 Å². The average Bonchev–Trinajstić information content (AvgIpc) is 2.84. The van der Waals surface area contributed by atoms with Crippen molar-refractivity contribution >= 4 is 16.3 Å². The summed E-state index contributed by atoms with van der Waals surface area (Å²) in [7, 11) is 0. The van der Waals surface area contributed by atoms with E-state index in [-0.39, 0.29) is 5.41 Å². The normalized spacial score (nSPS) is 12.4. The molecular formula is C13H22N4S. The standard InChI is InChI=1S/C13H22N4S/c1-13(2,3)10-9-18-12-16-15-11(17(10)12)7-5-4-6-8-14/h9H,4-8,14H2,1-3H3. The van der Waals surface area contributed by atoms with Crippen molar-refractivity contribution in [1.29, 1.82) is 0 Å². The quantitative estimate of drug-likeness (QED) is 0.847. The van der Waals surface area contributed by atoms with Gasteiger partial charge >= 0.3 is 0 Å². The van der Waals surface area contributed by atoms with Gasteiger partial charge in [0, 0.05) is 22.9 Å². The highest BCUT2D eigenvalue weighted by Crippen LogP contribution is 2.28. The van der Waals surface area contributed by atoms with Gasteiger partial charge in [0.15, 0.2) is 0 Å². The Labute approximate surface area is 112 Å². The van der Waals surface area contributed by atoms with E-state index in [1.54, 1.807) is 11.3 Å². The molecule has 5 heteroatoms. The van der Waals surface area contributed by atoms with Crippen molar-refractivity contribution < 1.29 is 0 Å². The van der Waals surface area contributed by atoms with E-state index in [0.29, 0.717) is 0 Å². The highest BCUT2D eigenvalue weighted by molar-refractivity contribution is 7.15. The monoisotopic (exact) mass is 266 g/mol. The van der Waals surface area contributed by atoms with Gasteiger partial charge in [0.1, 0.15) is 5.82 Å². The van der Waals surface area contributed by atoms with Gasteiger partial charge in [-0.15, -0.1) is 21.5 Å². The van der Waals surface area contributed by atoms with Crippen LogP contribution >= 0.6 is 11.3 Å². The summed E-state index contributed by atoms with van der Waals surface area (Å²) in [5.41, 5.74) is 6.95. The lowest BCUT2D eigenvalue weighted by Crippen LogP contribution is -2.15. The zero-order valence-corrected chi connectivity index (χ0v) is 12.3. The number of rotatable bonds is 5. The third-order valence-electron chi connectivity index (χ3n) is 3.09.